The fourth-order valence-electron chi connectivity index (χ4n) is 3.11. The summed E-state index contributed by atoms with van der Waals surface area (Å²) in [5.41, 5.74) is 1.62. The number of likely N-dealkylation sites (N-methyl/N-ethyl adjacent to an activating group) is 1. The van der Waals surface area contributed by atoms with E-state index in [9.17, 15) is 9.90 Å². The van der Waals surface area contributed by atoms with Crippen molar-refractivity contribution in [3.05, 3.63) is 41.6 Å². The monoisotopic (exact) mass is 374 g/mol. The van der Waals surface area contributed by atoms with Crippen LogP contribution in [0.3, 0.4) is 0 Å². The molecule has 0 radical (unpaired) electrons. The highest BCUT2D eigenvalue weighted by Crippen LogP contribution is 2.32. The molecule has 0 fully saturated rings. The molecular weight excluding hydrogens is 344 g/mol. The lowest BCUT2D eigenvalue weighted by Gasteiger charge is -2.24. The molecule has 0 bridgehead atoms. The van der Waals surface area contributed by atoms with Crippen molar-refractivity contribution in [1.29, 1.82) is 0 Å². The molecule has 2 atom stereocenters. The lowest BCUT2D eigenvalue weighted by molar-refractivity contribution is -0.124. The highest BCUT2D eigenvalue weighted by atomic mass is 16.4. The van der Waals surface area contributed by atoms with Gasteiger partial charge < -0.3 is 20.2 Å². The van der Waals surface area contributed by atoms with Crippen molar-refractivity contribution in [2.24, 2.45) is 5.92 Å². The molecule has 27 heavy (non-hydrogen) atoms. The maximum Gasteiger partial charge on any atom is 0.238 e. The number of phenols is 1. The minimum Gasteiger partial charge on any atom is -0.508 e. The zero-order valence-corrected chi connectivity index (χ0v) is 16.9. The van der Waals surface area contributed by atoms with Gasteiger partial charge in [0.1, 0.15) is 11.8 Å². The van der Waals surface area contributed by atoms with Crippen LogP contribution >= 0.6 is 0 Å². The van der Waals surface area contributed by atoms with E-state index in [0.29, 0.717) is 12.3 Å². The molecule has 2 aromatic rings. The predicted octanol–water partition coefficient (Wildman–Crippen LogP) is 2.72. The fourth-order valence-corrected chi connectivity index (χ4v) is 3.11. The van der Waals surface area contributed by atoms with Crippen molar-refractivity contribution in [3.8, 4) is 5.75 Å². The Kier molecular flexibility index (Phi) is 6.59. The van der Waals surface area contributed by atoms with E-state index in [-0.39, 0.29) is 29.0 Å². The van der Waals surface area contributed by atoms with Crippen molar-refractivity contribution in [2.75, 3.05) is 7.05 Å². The van der Waals surface area contributed by atoms with E-state index >= 15 is 0 Å². The Bertz CT molecular complexity index is 751. The summed E-state index contributed by atoms with van der Waals surface area (Å²) in [4.78, 5) is 12.7. The third kappa shape index (κ3) is 5.29. The van der Waals surface area contributed by atoms with Crippen LogP contribution in [0.15, 0.2) is 29.0 Å². The molecule has 1 heterocycles. The van der Waals surface area contributed by atoms with Crippen molar-refractivity contribution < 1.29 is 14.3 Å². The normalized spacial score (nSPS) is 14.2. The van der Waals surface area contributed by atoms with Gasteiger partial charge in [-0.2, -0.15) is 0 Å². The minimum absolute atomic E-state index is 0.120. The number of aromatic nitrogens is 2. The first kappa shape index (κ1) is 20.9. The zero-order valence-electron chi connectivity index (χ0n) is 16.9. The summed E-state index contributed by atoms with van der Waals surface area (Å²) in [7, 11) is 1.77. The van der Waals surface area contributed by atoms with Crippen LogP contribution in [-0.2, 0) is 16.6 Å². The number of carbonyl (C=O) groups excluding carboxylic acids is 1. The quantitative estimate of drug-likeness (QED) is 0.689. The average Bonchev–Trinajstić information content (AvgIpc) is 3.09. The average molecular weight is 374 g/mol. The minimum atomic E-state index is -0.452. The lowest BCUT2D eigenvalue weighted by Crippen LogP contribution is -2.47. The first-order valence-corrected chi connectivity index (χ1v) is 9.19. The van der Waals surface area contributed by atoms with Gasteiger partial charge in [0, 0.05) is 6.42 Å². The van der Waals surface area contributed by atoms with Gasteiger partial charge in [0.15, 0.2) is 0 Å². The molecule has 148 valence electrons. The van der Waals surface area contributed by atoms with E-state index in [4.69, 9.17) is 4.42 Å². The third-order valence-electron chi connectivity index (χ3n) is 4.56. The molecule has 0 aliphatic heterocycles. The summed E-state index contributed by atoms with van der Waals surface area (Å²) in [5, 5.41) is 24.0. The second-order valence-electron chi connectivity index (χ2n) is 8.15. The number of nitrogens with one attached hydrogen (secondary N) is 2. The van der Waals surface area contributed by atoms with Gasteiger partial charge in [-0.15, -0.1) is 10.2 Å². The number of aromatic hydroxyl groups is 1. The predicted molar refractivity (Wildman–Crippen MR) is 103 cm³/mol. The summed E-state index contributed by atoms with van der Waals surface area (Å²) in [6, 6.07) is 4.72. The Morgan fingerprint density at radius 3 is 2.52 bits per heavy atom. The van der Waals surface area contributed by atoms with Crippen LogP contribution in [-0.4, -0.2) is 34.3 Å². The van der Waals surface area contributed by atoms with Crippen molar-refractivity contribution in [2.45, 2.75) is 58.5 Å². The Morgan fingerprint density at radius 2 is 2.00 bits per heavy atom. The molecule has 1 aromatic heterocycles. The van der Waals surface area contributed by atoms with Crippen molar-refractivity contribution in [1.82, 2.24) is 20.8 Å². The molecule has 1 aromatic carbocycles. The van der Waals surface area contributed by atoms with Crippen molar-refractivity contribution in [3.63, 3.8) is 0 Å². The van der Waals surface area contributed by atoms with Gasteiger partial charge in [-0.25, -0.2) is 0 Å². The van der Waals surface area contributed by atoms with Crippen molar-refractivity contribution >= 4 is 5.91 Å². The van der Waals surface area contributed by atoms with Crippen LogP contribution in [0.1, 0.15) is 57.7 Å². The number of rotatable bonds is 7. The first-order chi connectivity index (χ1) is 12.6. The van der Waals surface area contributed by atoms with Gasteiger partial charge >= 0.3 is 0 Å². The van der Waals surface area contributed by atoms with Crippen LogP contribution < -0.4 is 10.6 Å². The van der Waals surface area contributed by atoms with E-state index in [0.717, 1.165) is 11.1 Å². The van der Waals surface area contributed by atoms with Gasteiger partial charge in [0.2, 0.25) is 18.2 Å². The molecule has 3 N–H and O–H groups in total. The molecule has 0 saturated heterocycles. The number of benzene rings is 1. The second kappa shape index (κ2) is 8.52. The van der Waals surface area contributed by atoms with Gasteiger partial charge in [0.25, 0.3) is 0 Å². The van der Waals surface area contributed by atoms with Crippen LogP contribution in [0.25, 0.3) is 0 Å². The molecule has 0 aliphatic carbocycles. The molecule has 0 spiro atoms. The molecule has 2 unspecified atom stereocenters. The summed E-state index contributed by atoms with van der Waals surface area (Å²) < 4.78 is 5.36. The molecule has 2 rings (SSSR count). The summed E-state index contributed by atoms with van der Waals surface area (Å²) in [6.07, 6.45) is 1.73. The van der Waals surface area contributed by atoms with Gasteiger partial charge in [-0.3, -0.25) is 4.79 Å². The number of carbonyl (C=O) groups is 1. The Morgan fingerprint density at radius 1 is 1.30 bits per heavy atom. The third-order valence-corrected chi connectivity index (χ3v) is 4.56. The van der Waals surface area contributed by atoms with Crippen LogP contribution in [0.2, 0.25) is 0 Å². The van der Waals surface area contributed by atoms with Crippen LogP contribution in [0, 0.1) is 5.92 Å². The molecule has 1 amide bonds. The molecular formula is C20H30N4O3. The topological polar surface area (TPSA) is 100 Å². The summed E-state index contributed by atoms with van der Waals surface area (Å²) >= 11 is 0. The smallest absolute Gasteiger partial charge is 0.238 e. The Labute approximate surface area is 160 Å². The highest BCUT2D eigenvalue weighted by molar-refractivity contribution is 5.82. The van der Waals surface area contributed by atoms with Gasteiger partial charge in [0.05, 0.1) is 6.04 Å². The molecule has 0 aliphatic rings. The molecule has 7 nitrogen and oxygen atoms in total. The van der Waals surface area contributed by atoms with Gasteiger partial charge in [-0.1, -0.05) is 46.8 Å². The van der Waals surface area contributed by atoms with E-state index in [1.807, 2.05) is 46.8 Å². The Balaban J connectivity index is 2.28. The van der Waals surface area contributed by atoms with Crippen LogP contribution in [0.5, 0.6) is 5.75 Å². The first-order valence-electron chi connectivity index (χ1n) is 9.19. The highest BCUT2D eigenvalue weighted by Gasteiger charge is 2.27. The molecule has 0 saturated carbocycles. The SMILES string of the molecule is CNC(C(=O)NC(Cc1ccc(O)c(C(C)(C)C)c1)c1nnco1)C(C)C. The molecule has 7 heteroatoms. The zero-order chi connectivity index (χ0) is 20.2. The van der Waals surface area contributed by atoms with E-state index < -0.39 is 6.04 Å². The summed E-state index contributed by atoms with van der Waals surface area (Å²) in [5.74, 6) is 0.636. The summed E-state index contributed by atoms with van der Waals surface area (Å²) in [6.45, 7) is 10.1. The number of hydrogen-bond acceptors (Lipinski definition) is 6. The fraction of sp³-hybridized carbons (Fsp3) is 0.550. The number of phenolic OH excluding ortho intramolecular Hbond substituents is 1. The van der Waals surface area contributed by atoms with E-state index in [1.54, 1.807) is 13.1 Å². The van der Waals surface area contributed by atoms with Crippen LogP contribution in [0.4, 0.5) is 0 Å². The Hall–Kier alpha value is -2.41. The maximum atomic E-state index is 12.7. The van der Waals surface area contributed by atoms with E-state index in [1.165, 1.54) is 6.39 Å². The number of hydrogen-bond donors (Lipinski definition) is 3. The largest absolute Gasteiger partial charge is 0.508 e. The standard InChI is InChI=1S/C20H30N4O3/c1-12(2)17(21-6)18(26)23-15(19-24-22-11-27-19)10-13-7-8-16(25)14(9-13)20(3,4)5/h7-9,11-12,15,17,21,25H,10H2,1-6H3,(H,23,26). The second-order valence-corrected chi connectivity index (χ2v) is 8.15. The maximum absolute atomic E-state index is 12.7. The van der Waals surface area contributed by atoms with E-state index in [2.05, 4.69) is 20.8 Å². The number of amides is 1. The van der Waals surface area contributed by atoms with Gasteiger partial charge in [-0.05, 0) is 35.6 Å². The number of nitrogens with zero attached hydrogens (tertiary/aromatic N) is 2. The lowest BCUT2D eigenvalue weighted by atomic mass is 9.84.